The number of carbonyl (C=O) groups is 2. The van der Waals surface area contributed by atoms with Crippen molar-refractivity contribution in [3.63, 3.8) is 0 Å². The average Bonchev–Trinajstić information content (AvgIpc) is 3.13. The quantitative estimate of drug-likeness (QED) is 0.709. The Balaban J connectivity index is 1.84. The number of aromatic amines is 1. The van der Waals surface area contributed by atoms with Crippen LogP contribution in [-0.2, 0) is 4.79 Å². The van der Waals surface area contributed by atoms with Gasteiger partial charge in [0.15, 0.2) is 0 Å². The Morgan fingerprint density at radius 1 is 1.21 bits per heavy atom. The zero-order valence-electron chi connectivity index (χ0n) is 17.9. The Morgan fingerprint density at radius 2 is 1.90 bits per heavy atom. The monoisotopic (exact) mass is 394 g/mol. The van der Waals surface area contributed by atoms with Gasteiger partial charge in [-0.1, -0.05) is 32.0 Å². The number of amides is 2. The summed E-state index contributed by atoms with van der Waals surface area (Å²) in [4.78, 5) is 32.7. The fraction of sp³-hybridized carbons (Fsp3) is 0.391. The van der Waals surface area contributed by atoms with Crippen LogP contribution in [0.15, 0.2) is 24.3 Å². The zero-order valence-corrected chi connectivity index (χ0v) is 17.9. The van der Waals surface area contributed by atoms with Crippen LogP contribution in [-0.4, -0.2) is 54.9 Å². The third kappa shape index (κ3) is 3.98. The van der Waals surface area contributed by atoms with Gasteiger partial charge in [-0.15, -0.1) is 0 Å². The van der Waals surface area contributed by atoms with E-state index < -0.39 is 0 Å². The predicted octanol–water partition coefficient (Wildman–Crippen LogP) is 3.22. The van der Waals surface area contributed by atoms with Crippen LogP contribution in [0.1, 0.15) is 46.7 Å². The predicted molar refractivity (Wildman–Crippen MR) is 118 cm³/mol. The van der Waals surface area contributed by atoms with Crippen LogP contribution in [0.4, 0.5) is 5.69 Å². The first-order chi connectivity index (χ1) is 13.9. The van der Waals surface area contributed by atoms with Crippen molar-refractivity contribution in [2.75, 3.05) is 38.1 Å². The average molecular weight is 395 g/mol. The number of anilines is 1. The number of fused-ring (bicyclic) bond motifs is 1. The summed E-state index contributed by atoms with van der Waals surface area (Å²) >= 11 is 0. The number of benzene rings is 1. The molecule has 0 spiro atoms. The SMILES string of the molecule is CCN(CC)CCNC(=O)c1c(C)[nH]c(/C=C2\C(=O)N(C)c3ccccc32)c1C. The molecule has 154 valence electrons. The van der Waals surface area contributed by atoms with E-state index in [2.05, 4.69) is 29.0 Å². The topological polar surface area (TPSA) is 68.4 Å². The van der Waals surface area contributed by atoms with Gasteiger partial charge in [0.2, 0.25) is 0 Å². The van der Waals surface area contributed by atoms with Crippen molar-refractivity contribution in [3.05, 3.63) is 52.3 Å². The smallest absolute Gasteiger partial charge is 0.258 e. The van der Waals surface area contributed by atoms with E-state index >= 15 is 0 Å². The first kappa shape index (κ1) is 20.9. The van der Waals surface area contributed by atoms with Gasteiger partial charge in [-0.2, -0.15) is 0 Å². The number of para-hydroxylation sites is 1. The molecule has 0 saturated heterocycles. The molecule has 1 aromatic heterocycles. The largest absolute Gasteiger partial charge is 0.358 e. The number of carbonyl (C=O) groups excluding carboxylic acids is 2. The maximum atomic E-state index is 12.8. The Bertz CT molecular complexity index is 954. The van der Waals surface area contributed by atoms with Crippen LogP contribution < -0.4 is 10.2 Å². The second kappa shape index (κ2) is 8.66. The third-order valence-corrected chi connectivity index (χ3v) is 5.69. The molecule has 0 fully saturated rings. The fourth-order valence-electron chi connectivity index (χ4n) is 3.90. The Kier molecular flexibility index (Phi) is 6.23. The van der Waals surface area contributed by atoms with Crippen molar-refractivity contribution in [1.82, 2.24) is 15.2 Å². The lowest BCUT2D eigenvalue weighted by atomic mass is 10.0. The molecule has 2 heterocycles. The highest BCUT2D eigenvalue weighted by atomic mass is 16.2. The van der Waals surface area contributed by atoms with Crippen LogP contribution in [0.3, 0.4) is 0 Å². The summed E-state index contributed by atoms with van der Waals surface area (Å²) in [6, 6.07) is 7.75. The Hall–Kier alpha value is -2.86. The van der Waals surface area contributed by atoms with E-state index in [0.717, 1.165) is 47.8 Å². The van der Waals surface area contributed by atoms with Crippen molar-refractivity contribution >= 4 is 29.2 Å². The molecule has 2 N–H and O–H groups in total. The van der Waals surface area contributed by atoms with Gasteiger partial charge in [0.25, 0.3) is 11.8 Å². The van der Waals surface area contributed by atoms with Crippen LogP contribution in [0.2, 0.25) is 0 Å². The van der Waals surface area contributed by atoms with Gasteiger partial charge < -0.3 is 20.1 Å². The molecule has 2 amide bonds. The number of hydrogen-bond donors (Lipinski definition) is 2. The molecular formula is C23H30N4O2. The van der Waals surface area contributed by atoms with Gasteiger partial charge in [-0.25, -0.2) is 0 Å². The second-order valence-electron chi connectivity index (χ2n) is 7.39. The molecule has 0 saturated carbocycles. The lowest BCUT2D eigenvalue weighted by Gasteiger charge is -2.18. The Labute approximate surface area is 172 Å². The molecule has 0 bridgehead atoms. The van der Waals surface area contributed by atoms with Crippen LogP contribution in [0, 0.1) is 13.8 Å². The van der Waals surface area contributed by atoms with E-state index in [1.165, 1.54) is 0 Å². The fourth-order valence-corrected chi connectivity index (χ4v) is 3.90. The molecular weight excluding hydrogens is 364 g/mol. The maximum absolute atomic E-state index is 12.8. The van der Waals surface area contributed by atoms with Gasteiger partial charge in [-0.05, 0) is 44.6 Å². The van der Waals surface area contributed by atoms with Crippen molar-refractivity contribution in [2.24, 2.45) is 0 Å². The first-order valence-corrected chi connectivity index (χ1v) is 10.2. The molecule has 29 heavy (non-hydrogen) atoms. The van der Waals surface area contributed by atoms with Gasteiger partial charge in [0.05, 0.1) is 16.8 Å². The van der Waals surface area contributed by atoms with Crippen LogP contribution in [0.5, 0.6) is 0 Å². The number of aromatic nitrogens is 1. The van der Waals surface area contributed by atoms with Crippen LogP contribution in [0.25, 0.3) is 11.6 Å². The second-order valence-corrected chi connectivity index (χ2v) is 7.39. The molecule has 1 aliphatic rings. The number of nitrogens with zero attached hydrogens (tertiary/aromatic N) is 2. The standard InChI is InChI=1S/C23H30N4O2/c1-6-27(7-2)13-12-24-22(28)21-15(3)19(25-16(21)4)14-18-17-10-8-9-11-20(17)26(5)23(18)29/h8-11,14,25H,6-7,12-13H2,1-5H3,(H,24,28)/b18-14-. The molecule has 3 rings (SSSR count). The van der Waals surface area contributed by atoms with Crippen molar-refractivity contribution in [3.8, 4) is 0 Å². The molecule has 0 atom stereocenters. The summed E-state index contributed by atoms with van der Waals surface area (Å²) in [5.41, 5.74) is 5.57. The van der Waals surface area contributed by atoms with Gasteiger partial charge in [0.1, 0.15) is 0 Å². The van der Waals surface area contributed by atoms with Gasteiger partial charge in [0, 0.05) is 37.1 Å². The lowest BCUT2D eigenvalue weighted by molar-refractivity contribution is -0.112. The summed E-state index contributed by atoms with van der Waals surface area (Å²) in [5, 5.41) is 3.02. The highest BCUT2D eigenvalue weighted by Crippen LogP contribution is 2.37. The molecule has 1 aromatic carbocycles. The van der Waals surface area contributed by atoms with Crippen LogP contribution >= 0.6 is 0 Å². The summed E-state index contributed by atoms with van der Waals surface area (Å²) in [7, 11) is 1.78. The van der Waals surface area contributed by atoms with E-state index in [1.807, 2.05) is 44.2 Å². The minimum atomic E-state index is -0.0803. The van der Waals surface area contributed by atoms with E-state index in [4.69, 9.17) is 0 Å². The first-order valence-electron chi connectivity index (χ1n) is 10.2. The highest BCUT2D eigenvalue weighted by Gasteiger charge is 2.29. The number of hydrogen-bond acceptors (Lipinski definition) is 3. The number of nitrogens with one attached hydrogen (secondary N) is 2. The number of likely N-dealkylation sites (N-methyl/N-ethyl adjacent to an activating group) is 2. The third-order valence-electron chi connectivity index (χ3n) is 5.69. The van der Waals surface area contributed by atoms with Crippen molar-refractivity contribution in [1.29, 1.82) is 0 Å². The van der Waals surface area contributed by atoms with E-state index in [9.17, 15) is 9.59 Å². The minimum absolute atomic E-state index is 0.0388. The molecule has 6 nitrogen and oxygen atoms in total. The Morgan fingerprint density at radius 3 is 2.59 bits per heavy atom. The van der Waals surface area contributed by atoms with E-state index in [-0.39, 0.29) is 11.8 Å². The number of rotatable bonds is 7. The summed E-state index contributed by atoms with van der Waals surface area (Å²) in [5.74, 6) is -0.119. The van der Waals surface area contributed by atoms with E-state index in [0.29, 0.717) is 17.7 Å². The van der Waals surface area contributed by atoms with E-state index in [1.54, 1.807) is 11.9 Å². The molecule has 0 radical (unpaired) electrons. The molecule has 6 heteroatoms. The highest BCUT2D eigenvalue weighted by molar-refractivity contribution is 6.35. The van der Waals surface area contributed by atoms with Crippen molar-refractivity contribution < 1.29 is 9.59 Å². The summed E-state index contributed by atoms with van der Waals surface area (Å²) < 4.78 is 0. The normalized spacial score (nSPS) is 14.8. The number of H-pyrrole nitrogens is 1. The summed E-state index contributed by atoms with van der Waals surface area (Å²) in [6.07, 6.45) is 1.86. The lowest BCUT2D eigenvalue weighted by Crippen LogP contribution is -2.35. The van der Waals surface area contributed by atoms with Gasteiger partial charge >= 0.3 is 0 Å². The molecule has 1 aliphatic heterocycles. The molecule has 2 aromatic rings. The molecule has 0 unspecified atom stereocenters. The minimum Gasteiger partial charge on any atom is -0.358 e. The summed E-state index contributed by atoms with van der Waals surface area (Å²) in [6.45, 7) is 11.4. The van der Waals surface area contributed by atoms with Gasteiger partial charge in [-0.3, -0.25) is 9.59 Å². The van der Waals surface area contributed by atoms with Crippen molar-refractivity contribution in [2.45, 2.75) is 27.7 Å². The number of aryl methyl sites for hydroxylation is 1. The maximum Gasteiger partial charge on any atom is 0.258 e. The zero-order chi connectivity index (χ0) is 21.1. The molecule has 0 aliphatic carbocycles.